The molecule has 0 unspecified atom stereocenters. The van der Waals surface area contributed by atoms with Gasteiger partial charge in [0.25, 0.3) is 0 Å². The Kier molecular flexibility index (Phi) is 3.96. The van der Waals surface area contributed by atoms with Crippen molar-refractivity contribution in [2.24, 2.45) is 0 Å². The Labute approximate surface area is 94.1 Å². The molecule has 0 saturated heterocycles. The Hall–Kier alpha value is -0.540. The predicted octanol–water partition coefficient (Wildman–Crippen LogP) is 3.02. The number of halogens is 2. The van der Waals surface area contributed by atoms with Crippen LogP contribution in [0.2, 0.25) is 10.3 Å². The Morgan fingerprint density at radius 3 is 2.57 bits per heavy atom. The van der Waals surface area contributed by atoms with Gasteiger partial charge in [-0.15, -0.1) is 0 Å². The molecule has 1 aromatic rings. The van der Waals surface area contributed by atoms with Gasteiger partial charge in [0.05, 0.1) is 6.20 Å². The van der Waals surface area contributed by atoms with E-state index >= 15 is 0 Å². The van der Waals surface area contributed by atoms with E-state index in [9.17, 15) is 0 Å². The van der Waals surface area contributed by atoms with Crippen LogP contribution in [0, 0.1) is 0 Å². The van der Waals surface area contributed by atoms with Crippen LogP contribution in [0.15, 0.2) is 6.20 Å². The summed E-state index contributed by atoms with van der Waals surface area (Å²) in [6.07, 6.45) is 1.53. The average Bonchev–Trinajstić information content (AvgIpc) is 2.11. The first-order valence-electron chi connectivity index (χ1n) is 4.51. The highest BCUT2D eigenvalue weighted by molar-refractivity contribution is 6.33. The molecular weight excluding hydrogens is 221 g/mol. The zero-order valence-electron chi connectivity index (χ0n) is 8.46. The molecule has 78 valence electrons. The molecule has 0 aliphatic rings. The molecule has 0 saturated carbocycles. The third kappa shape index (κ3) is 2.49. The number of anilines is 1. The van der Waals surface area contributed by atoms with Gasteiger partial charge in [0.2, 0.25) is 5.28 Å². The van der Waals surface area contributed by atoms with Gasteiger partial charge >= 0.3 is 0 Å². The second-order valence-corrected chi connectivity index (χ2v) is 3.94. The molecule has 1 aromatic heterocycles. The summed E-state index contributed by atoms with van der Waals surface area (Å²) in [7, 11) is 0. The first-order valence-corrected chi connectivity index (χ1v) is 5.26. The van der Waals surface area contributed by atoms with Crippen LogP contribution in [-0.2, 0) is 0 Å². The molecule has 5 heteroatoms. The van der Waals surface area contributed by atoms with E-state index in [0.29, 0.717) is 16.9 Å². The maximum atomic E-state index is 5.99. The van der Waals surface area contributed by atoms with Gasteiger partial charge in [-0.1, -0.05) is 11.6 Å². The maximum absolute atomic E-state index is 5.99. The van der Waals surface area contributed by atoms with E-state index in [1.54, 1.807) is 0 Å². The minimum atomic E-state index is 0.225. The monoisotopic (exact) mass is 233 g/mol. The van der Waals surface area contributed by atoms with Crippen LogP contribution in [0.1, 0.15) is 20.8 Å². The van der Waals surface area contributed by atoms with Gasteiger partial charge in [-0.25, -0.2) is 4.98 Å². The van der Waals surface area contributed by atoms with Crippen molar-refractivity contribution in [2.75, 3.05) is 11.4 Å². The fourth-order valence-electron chi connectivity index (χ4n) is 1.30. The fourth-order valence-corrected chi connectivity index (χ4v) is 1.63. The largest absolute Gasteiger partial charge is 0.353 e. The van der Waals surface area contributed by atoms with E-state index in [0.717, 1.165) is 6.54 Å². The second-order valence-electron chi connectivity index (χ2n) is 3.19. The van der Waals surface area contributed by atoms with Crippen molar-refractivity contribution in [2.45, 2.75) is 26.8 Å². The molecule has 0 amide bonds. The standard InChI is InChI=1S/C9H13Cl2N3/c1-4-14(6(2)3)8-7(10)5-12-9(11)13-8/h5-6H,4H2,1-3H3. The van der Waals surface area contributed by atoms with Gasteiger partial charge < -0.3 is 4.90 Å². The topological polar surface area (TPSA) is 29.0 Å². The fraction of sp³-hybridized carbons (Fsp3) is 0.556. The summed E-state index contributed by atoms with van der Waals surface area (Å²) in [5, 5.41) is 0.758. The van der Waals surface area contributed by atoms with Crippen LogP contribution in [0.4, 0.5) is 5.82 Å². The first-order chi connectivity index (χ1) is 6.56. The maximum Gasteiger partial charge on any atom is 0.224 e. The van der Waals surface area contributed by atoms with E-state index in [1.807, 2.05) is 6.92 Å². The Morgan fingerprint density at radius 2 is 2.07 bits per heavy atom. The van der Waals surface area contributed by atoms with Crippen LogP contribution < -0.4 is 4.90 Å². The lowest BCUT2D eigenvalue weighted by Gasteiger charge is -2.26. The van der Waals surface area contributed by atoms with Crippen molar-refractivity contribution in [1.29, 1.82) is 0 Å². The van der Waals surface area contributed by atoms with Crippen LogP contribution in [-0.4, -0.2) is 22.6 Å². The van der Waals surface area contributed by atoms with E-state index in [-0.39, 0.29) is 5.28 Å². The van der Waals surface area contributed by atoms with Crippen molar-refractivity contribution >= 4 is 29.0 Å². The van der Waals surface area contributed by atoms with Crippen molar-refractivity contribution < 1.29 is 0 Å². The number of hydrogen-bond acceptors (Lipinski definition) is 3. The highest BCUT2D eigenvalue weighted by atomic mass is 35.5. The third-order valence-corrected chi connectivity index (χ3v) is 2.38. The van der Waals surface area contributed by atoms with Gasteiger partial charge in [0, 0.05) is 12.6 Å². The average molecular weight is 234 g/mol. The van der Waals surface area contributed by atoms with E-state index in [2.05, 4.69) is 28.7 Å². The zero-order valence-corrected chi connectivity index (χ0v) is 9.97. The smallest absolute Gasteiger partial charge is 0.224 e. The number of rotatable bonds is 3. The SMILES string of the molecule is CCN(c1nc(Cl)ncc1Cl)C(C)C. The van der Waals surface area contributed by atoms with E-state index in [4.69, 9.17) is 23.2 Å². The molecule has 0 aliphatic heterocycles. The minimum absolute atomic E-state index is 0.225. The van der Waals surface area contributed by atoms with Crippen molar-refractivity contribution in [3.8, 4) is 0 Å². The quantitative estimate of drug-likeness (QED) is 0.752. The van der Waals surface area contributed by atoms with Gasteiger partial charge in [-0.2, -0.15) is 4.98 Å². The Balaban J connectivity index is 3.08. The summed E-state index contributed by atoms with van der Waals surface area (Å²) in [6.45, 7) is 7.04. The molecule has 0 bridgehead atoms. The van der Waals surface area contributed by atoms with Crippen LogP contribution in [0.3, 0.4) is 0 Å². The first kappa shape index (κ1) is 11.5. The van der Waals surface area contributed by atoms with Crippen molar-refractivity contribution in [3.63, 3.8) is 0 Å². The van der Waals surface area contributed by atoms with Crippen LogP contribution >= 0.6 is 23.2 Å². The second kappa shape index (κ2) is 4.80. The number of nitrogens with zero attached hydrogens (tertiary/aromatic N) is 3. The molecule has 14 heavy (non-hydrogen) atoms. The Morgan fingerprint density at radius 1 is 1.43 bits per heavy atom. The zero-order chi connectivity index (χ0) is 10.7. The molecule has 0 N–H and O–H groups in total. The lowest BCUT2D eigenvalue weighted by Crippen LogP contribution is -2.31. The summed E-state index contributed by atoms with van der Waals surface area (Å²) in [5.74, 6) is 0.698. The third-order valence-electron chi connectivity index (χ3n) is 1.93. The molecule has 0 radical (unpaired) electrons. The molecule has 1 heterocycles. The van der Waals surface area contributed by atoms with Crippen LogP contribution in [0.25, 0.3) is 0 Å². The van der Waals surface area contributed by atoms with Gasteiger partial charge in [-0.3, -0.25) is 0 Å². The van der Waals surface area contributed by atoms with Gasteiger partial charge in [0.15, 0.2) is 5.82 Å². The lowest BCUT2D eigenvalue weighted by molar-refractivity contribution is 0.692. The number of hydrogen-bond donors (Lipinski definition) is 0. The molecule has 1 rings (SSSR count). The van der Waals surface area contributed by atoms with Gasteiger partial charge in [-0.05, 0) is 32.4 Å². The van der Waals surface area contributed by atoms with Crippen molar-refractivity contribution in [3.05, 3.63) is 16.5 Å². The highest BCUT2D eigenvalue weighted by Crippen LogP contribution is 2.24. The van der Waals surface area contributed by atoms with Crippen molar-refractivity contribution in [1.82, 2.24) is 9.97 Å². The summed E-state index contributed by atoms with van der Waals surface area (Å²) in [6, 6.07) is 0.337. The number of aromatic nitrogens is 2. The summed E-state index contributed by atoms with van der Waals surface area (Å²) in [5.41, 5.74) is 0. The molecule has 0 spiro atoms. The van der Waals surface area contributed by atoms with Crippen LogP contribution in [0.5, 0.6) is 0 Å². The molecule has 0 aromatic carbocycles. The normalized spacial score (nSPS) is 10.7. The summed E-state index contributed by atoms with van der Waals surface area (Å²) < 4.78 is 0. The summed E-state index contributed by atoms with van der Waals surface area (Å²) >= 11 is 11.7. The minimum Gasteiger partial charge on any atom is -0.353 e. The lowest BCUT2D eigenvalue weighted by atomic mass is 10.3. The highest BCUT2D eigenvalue weighted by Gasteiger charge is 2.14. The molecular formula is C9H13Cl2N3. The van der Waals surface area contributed by atoms with E-state index < -0.39 is 0 Å². The molecule has 0 aliphatic carbocycles. The molecule has 0 atom stereocenters. The van der Waals surface area contributed by atoms with E-state index in [1.165, 1.54) is 6.20 Å². The van der Waals surface area contributed by atoms with Gasteiger partial charge in [0.1, 0.15) is 5.02 Å². The summed E-state index contributed by atoms with van der Waals surface area (Å²) in [4.78, 5) is 9.99. The molecule has 0 fully saturated rings. The molecule has 3 nitrogen and oxygen atoms in total. The predicted molar refractivity (Wildman–Crippen MR) is 60.2 cm³/mol. The Bertz CT molecular complexity index is 315.